The van der Waals surface area contributed by atoms with Gasteiger partial charge in [-0.05, 0) is 48.5 Å². The van der Waals surface area contributed by atoms with Crippen molar-refractivity contribution in [3.05, 3.63) is 64.9 Å². The number of aliphatic hydroxyl groups is 1. The highest BCUT2D eigenvalue weighted by atomic mass is 32.2. The number of aromatic nitrogens is 5. The van der Waals surface area contributed by atoms with Crippen LogP contribution in [-0.2, 0) is 0 Å². The van der Waals surface area contributed by atoms with Crippen molar-refractivity contribution < 1.29 is 5.11 Å². The molecule has 29 heavy (non-hydrogen) atoms. The molecule has 2 aromatic carbocycles. The Hall–Kier alpha value is -3.22. The zero-order chi connectivity index (χ0) is 20.4. The van der Waals surface area contributed by atoms with Crippen LogP contribution in [0.4, 0.5) is 0 Å². The van der Waals surface area contributed by atoms with Crippen LogP contribution < -0.4 is 0 Å². The maximum Gasteiger partial charge on any atom is 0.214 e. The largest absolute Gasteiger partial charge is 0.510 e. The number of para-hydroxylation sites is 1. The maximum atomic E-state index is 10.8. The molecule has 0 saturated heterocycles. The van der Waals surface area contributed by atoms with Crippen LogP contribution in [0.3, 0.4) is 0 Å². The maximum absolute atomic E-state index is 10.8. The smallest absolute Gasteiger partial charge is 0.214 e. The van der Waals surface area contributed by atoms with Crippen molar-refractivity contribution in [1.82, 2.24) is 25.2 Å². The molecule has 4 aromatic rings. The molecule has 0 fully saturated rings. The van der Waals surface area contributed by atoms with Gasteiger partial charge in [-0.2, -0.15) is 9.94 Å². The summed E-state index contributed by atoms with van der Waals surface area (Å²) in [6.45, 7) is 3.81. The minimum absolute atomic E-state index is 0.0463. The fourth-order valence-electron chi connectivity index (χ4n) is 2.71. The number of thiazole rings is 1. The second-order valence-electron chi connectivity index (χ2n) is 6.33. The van der Waals surface area contributed by atoms with Gasteiger partial charge >= 0.3 is 0 Å². The van der Waals surface area contributed by atoms with Crippen molar-refractivity contribution >= 4 is 38.9 Å². The van der Waals surface area contributed by atoms with E-state index in [2.05, 4.69) is 26.6 Å². The molecule has 2 aromatic heterocycles. The van der Waals surface area contributed by atoms with Crippen molar-refractivity contribution in [1.29, 1.82) is 5.26 Å². The molecule has 1 N–H and O–H groups in total. The van der Waals surface area contributed by atoms with E-state index < -0.39 is 5.25 Å². The summed E-state index contributed by atoms with van der Waals surface area (Å²) in [7, 11) is 0. The molecule has 0 aliphatic rings. The summed E-state index contributed by atoms with van der Waals surface area (Å²) in [4.78, 5) is 4.48. The lowest BCUT2D eigenvalue weighted by Gasteiger charge is -2.11. The summed E-state index contributed by atoms with van der Waals surface area (Å²) in [6, 6.07) is 17.6. The first-order chi connectivity index (χ1) is 14.1. The second kappa shape index (κ2) is 8.03. The Labute approximate surface area is 175 Å². The number of nitriles is 1. The van der Waals surface area contributed by atoms with E-state index in [0.717, 1.165) is 21.5 Å². The molecule has 0 bridgehead atoms. The first kappa shape index (κ1) is 19.1. The van der Waals surface area contributed by atoms with E-state index in [0.29, 0.717) is 10.2 Å². The van der Waals surface area contributed by atoms with Gasteiger partial charge in [0.05, 0.1) is 21.2 Å². The van der Waals surface area contributed by atoms with Gasteiger partial charge in [0.2, 0.25) is 5.16 Å². The van der Waals surface area contributed by atoms with Crippen molar-refractivity contribution in [2.75, 3.05) is 0 Å². The van der Waals surface area contributed by atoms with Crippen LogP contribution in [0.2, 0.25) is 0 Å². The summed E-state index contributed by atoms with van der Waals surface area (Å²) in [5.74, 6) is -0.0463. The average molecular weight is 421 g/mol. The van der Waals surface area contributed by atoms with Crippen LogP contribution in [0.1, 0.15) is 17.5 Å². The molecule has 1 unspecified atom stereocenters. The number of fused-ring (bicyclic) bond motifs is 1. The predicted octanol–water partition coefficient (Wildman–Crippen LogP) is 4.55. The number of nitrogens with zero attached hydrogens (tertiary/aromatic N) is 6. The second-order valence-corrected chi connectivity index (χ2v) is 8.67. The molecule has 7 nitrogen and oxygen atoms in total. The summed E-state index contributed by atoms with van der Waals surface area (Å²) >= 11 is 2.65. The third-order valence-electron chi connectivity index (χ3n) is 4.26. The zero-order valence-electron chi connectivity index (χ0n) is 15.6. The first-order valence-electron chi connectivity index (χ1n) is 8.78. The molecule has 0 radical (unpaired) electrons. The highest BCUT2D eigenvalue weighted by molar-refractivity contribution is 7.99. The van der Waals surface area contributed by atoms with Crippen LogP contribution in [-0.4, -0.2) is 35.5 Å². The minimum atomic E-state index is -0.438. The van der Waals surface area contributed by atoms with Gasteiger partial charge in [0.25, 0.3) is 0 Å². The molecule has 144 valence electrons. The molecule has 1 atom stereocenters. The van der Waals surface area contributed by atoms with Gasteiger partial charge in [0.1, 0.15) is 22.4 Å². The molecule has 9 heteroatoms. The number of rotatable bonds is 5. The lowest BCUT2D eigenvalue weighted by atomic mass is 10.2. The fraction of sp³-hybridized carbons (Fsp3) is 0.150. The number of tetrazole rings is 1. The number of benzene rings is 2. The van der Waals surface area contributed by atoms with Gasteiger partial charge in [0, 0.05) is 0 Å². The number of hydrogen-bond donors (Lipinski definition) is 1. The quantitative estimate of drug-likeness (QED) is 0.287. The SMILES string of the molecule is Cc1ccc(-n2nnnc2SC(C)/C(O)=C(\C#N)c2nc3ccccc3s2)cc1. The van der Waals surface area contributed by atoms with Crippen molar-refractivity contribution in [3.63, 3.8) is 0 Å². The predicted molar refractivity (Wildman–Crippen MR) is 114 cm³/mol. The Bertz CT molecular complexity index is 1200. The van der Waals surface area contributed by atoms with Crippen molar-refractivity contribution in [3.8, 4) is 11.8 Å². The van der Waals surface area contributed by atoms with Crippen molar-refractivity contribution in [2.24, 2.45) is 0 Å². The van der Waals surface area contributed by atoms with E-state index in [4.69, 9.17) is 0 Å². The van der Waals surface area contributed by atoms with Gasteiger partial charge < -0.3 is 5.11 Å². The Morgan fingerprint density at radius 3 is 2.69 bits per heavy atom. The molecule has 0 aliphatic carbocycles. The van der Waals surface area contributed by atoms with Gasteiger partial charge in [-0.15, -0.1) is 16.4 Å². The Kier molecular flexibility index (Phi) is 5.29. The van der Waals surface area contributed by atoms with Crippen LogP contribution in [0.15, 0.2) is 59.4 Å². The third kappa shape index (κ3) is 3.85. The molecule has 0 saturated carbocycles. The van der Waals surface area contributed by atoms with Gasteiger partial charge in [-0.1, -0.05) is 41.6 Å². The van der Waals surface area contributed by atoms with E-state index >= 15 is 0 Å². The van der Waals surface area contributed by atoms with E-state index in [1.54, 1.807) is 11.6 Å². The van der Waals surface area contributed by atoms with Crippen LogP contribution in [0.25, 0.3) is 21.5 Å². The topological polar surface area (TPSA) is 101 Å². The highest BCUT2D eigenvalue weighted by Gasteiger charge is 2.22. The summed E-state index contributed by atoms with van der Waals surface area (Å²) in [5, 5.41) is 32.9. The van der Waals surface area contributed by atoms with Crippen molar-refractivity contribution in [2.45, 2.75) is 24.3 Å². The summed E-state index contributed by atoms with van der Waals surface area (Å²) in [6.07, 6.45) is 0. The molecule has 2 heterocycles. The van der Waals surface area contributed by atoms with E-state index in [9.17, 15) is 10.4 Å². The van der Waals surface area contributed by atoms with Gasteiger partial charge in [-0.25, -0.2) is 4.98 Å². The standard InChI is InChI=1S/C20H16N6OS2/c1-12-7-9-14(10-8-12)26-20(23-24-25-26)28-13(2)18(27)15(11-21)19-22-16-5-3-4-6-17(16)29-19/h3-10,13,27H,1-2H3/b18-15-. The third-order valence-corrected chi connectivity index (χ3v) is 6.36. The molecule has 0 spiro atoms. The van der Waals surface area contributed by atoms with E-state index in [-0.39, 0.29) is 11.3 Å². The van der Waals surface area contributed by atoms with Crippen LogP contribution in [0.5, 0.6) is 0 Å². The Morgan fingerprint density at radius 1 is 1.21 bits per heavy atom. The Balaban J connectivity index is 1.64. The first-order valence-corrected chi connectivity index (χ1v) is 10.5. The lowest BCUT2D eigenvalue weighted by Crippen LogP contribution is -2.07. The molecule has 0 aliphatic heterocycles. The summed E-state index contributed by atoms with van der Waals surface area (Å²) in [5.41, 5.74) is 2.93. The number of thioether (sulfide) groups is 1. The molecule has 0 amide bonds. The molecule has 4 rings (SSSR count). The highest BCUT2D eigenvalue weighted by Crippen LogP contribution is 2.33. The normalized spacial score (nSPS) is 13.1. The number of hydrogen-bond acceptors (Lipinski definition) is 8. The minimum Gasteiger partial charge on any atom is -0.510 e. The molecular weight excluding hydrogens is 404 g/mol. The van der Waals surface area contributed by atoms with Crippen LogP contribution >= 0.6 is 23.1 Å². The van der Waals surface area contributed by atoms with Gasteiger partial charge in [-0.3, -0.25) is 0 Å². The van der Waals surface area contributed by atoms with E-state index in [1.807, 2.05) is 55.5 Å². The van der Waals surface area contributed by atoms with E-state index in [1.165, 1.54) is 23.1 Å². The van der Waals surface area contributed by atoms with Gasteiger partial charge in [0.15, 0.2) is 0 Å². The number of allylic oxidation sites excluding steroid dienone is 1. The number of aryl methyl sites for hydroxylation is 1. The lowest BCUT2D eigenvalue weighted by molar-refractivity contribution is 0.402. The average Bonchev–Trinajstić information content (AvgIpc) is 3.36. The fourth-order valence-corrected chi connectivity index (χ4v) is 4.55. The Morgan fingerprint density at radius 2 is 1.97 bits per heavy atom. The monoisotopic (exact) mass is 420 g/mol. The van der Waals surface area contributed by atoms with Crippen LogP contribution in [0, 0.1) is 18.3 Å². The number of aliphatic hydroxyl groups excluding tert-OH is 1. The summed E-state index contributed by atoms with van der Waals surface area (Å²) < 4.78 is 2.57. The molecular formula is C20H16N6OS2. The zero-order valence-corrected chi connectivity index (χ0v) is 17.3.